The number of anilines is 1. The largest absolute Gasteiger partial charge is 0.507 e. The molecule has 27 heavy (non-hydrogen) atoms. The van der Waals surface area contributed by atoms with Gasteiger partial charge in [-0.15, -0.1) is 18.3 Å². The number of nitrogens with one attached hydrogen (secondary N) is 1. The fourth-order valence-corrected chi connectivity index (χ4v) is 3.34. The Morgan fingerprint density at radius 1 is 1.15 bits per heavy atom. The number of fused-ring (bicyclic) bond motifs is 1. The van der Waals surface area contributed by atoms with Crippen molar-refractivity contribution in [2.75, 3.05) is 11.6 Å². The summed E-state index contributed by atoms with van der Waals surface area (Å²) in [5.74, 6) is 0.199. The van der Waals surface area contributed by atoms with Crippen LogP contribution >= 0.6 is 11.8 Å². The van der Waals surface area contributed by atoms with Crippen molar-refractivity contribution in [3.8, 4) is 5.75 Å². The minimum Gasteiger partial charge on any atom is -0.507 e. The molecule has 0 saturated heterocycles. The van der Waals surface area contributed by atoms with Gasteiger partial charge in [-0.25, -0.2) is 4.79 Å². The lowest BCUT2D eigenvalue weighted by Crippen LogP contribution is -2.17. The van der Waals surface area contributed by atoms with Gasteiger partial charge in [-0.3, -0.25) is 5.32 Å². The fraction of sp³-hybridized carbons (Fsp3) is 0.136. The number of phenols is 1. The maximum absolute atomic E-state index is 12.4. The van der Waals surface area contributed by atoms with E-state index < -0.39 is 12.2 Å². The molecule has 0 saturated carbocycles. The molecule has 3 aromatic rings. The first-order valence-electron chi connectivity index (χ1n) is 8.55. The van der Waals surface area contributed by atoms with Crippen LogP contribution in [0.5, 0.6) is 5.75 Å². The number of amides is 1. The number of rotatable bonds is 6. The third-order valence-electron chi connectivity index (χ3n) is 4.25. The zero-order chi connectivity index (χ0) is 19.2. The van der Waals surface area contributed by atoms with Crippen molar-refractivity contribution in [1.29, 1.82) is 0 Å². The number of carbonyl (C=O) groups excluding carboxylic acids is 1. The molecule has 0 heterocycles. The molecule has 3 rings (SSSR count). The van der Waals surface area contributed by atoms with E-state index in [9.17, 15) is 9.90 Å². The topological polar surface area (TPSA) is 58.6 Å². The van der Waals surface area contributed by atoms with E-state index in [2.05, 4.69) is 11.9 Å². The van der Waals surface area contributed by atoms with Crippen molar-refractivity contribution in [3.05, 3.63) is 78.9 Å². The Hall–Kier alpha value is -2.92. The van der Waals surface area contributed by atoms with E-state index >= 15 is 0 Å². The second-order valence-electron chi connectivity index (χ2n) is 5.99. The van der Waals surface area contributed by atoms with Crippen LogP contribution in [0.1, 0.15) is 18.1 Å². The maximum Gasteiger partial charge on any atom is 0.412 e. The summed E-state index contributed by atoms with van der Waals surface area (Å²) >= 11 is 1.64. The smallest absolute Gasteiger partial charge is 0.412 e. The zero-order valence-electron chi connectivity index (χ0n) is 15.0. The van der Waals surface area contributed by atoms with Crippen molar-refractivity contribution in [2.24, 2.45) is 0 Å². The van der Waals surface area contributed by atoms with Crippen LogP contribution in [0.4, 0.5) is 10.5 Å². The molecule has 2 N–H and O–H groups in total. The first-order valence-corrected chi connectivity index (χ1v) is 9.78. The van der Waals surface area contributed by atoms with Crippen LogP contribution in [0, 0.1) is 0 Å². The Bertz CT molecular complexity index is 953. The van der Waals surface area contributed by atoms with Crippen LogP contribution in [-0.4, -0.2) is 17.5 Å². The summed E-state index contributed by atoms with van der Waals surface area (Å²) in [4.78, 5) is 13.5. The molecule has 0 unspecified atom stereocenters. The van der Waals surface area contributed by atoms with E-state index in [1.54, 1.807) is 30.0 Å². The molecule has 0 radical (unpaired) electrons. The lowest BCUT2D eigenvalue weighted by molar-refractivity contribution is 0.113. The Kier molecular flexibility index (Phi) is 6.04. The molecule has 0 aliphatic carbocycles. The summed E-state index contributed by atoms with van der Waals surface area (Å²) in [6.45, 7) is 3.77. The molecule has 138 valence electrons. The first-order chi connectivity index (χ1) is 13.1. The van der Waals surface area contributed by atoms with E-state index in [0.29, 0.717) is 12.1 Å². The molecule has 0 aliphatic heterocycles. The maximum atomic E-state index is 12.4. The second kappa shape index (κ2) is 8.64. The number of thioether (sulfide) groups is 1. The highest BCUT2D eigenvalue weighted by atomic mass is 32.2. The number of ether oxygens (including phenoxy) is 1. The monoisotopic (exact) mass is 379 g/mol. The molecule has 1 amide bonds. The van der Waals surface area contributed by atoms with Crippen LogP contribution in [0.2, 0.25) is 0 Å². The van der Waals surface area contributed by atoms with Crippen molar-refractivity contribution in [1.82, 2.24) is 0 Å². The lowest BCUT2D eigenvalue weighted by atomic mass is 9.98. The molecule has 5 heteroatoms. The number of carbonyl (C=O) groups is 1. The van der Waals surface area contributed by atoms with Crippen molar-refractivity contribution >= 4 is 34.3 Å². The third kappa shape index (κ3) is 4.44. The molecule has 4 nitrogen and oxygen atoms in total. The SMILES string of the molecule is C=CC[C@@H](OC(=O)Nc1ccc(SC)cc1)c1ccc(O)c2ccccc12. The Labute approximate surface area is 162 Å². The normalized spacial score (nSPS) is 11.7. The van der Waals surface area contributed by atoms with E-state index in [1.165, 1.54) is 0 Å². The predicted molar refractivity (Wildman–Crippen MR) is 111 cm³/mol. The van der Waals surface area contributed by atoms with Crippen LogP contribution in [0.3, 0.4) is 0 Å². The van der Waals surface area contributed by atoms with Crippen molar-refractivity contribution in [2.45, 2.75) is 17.4 Å². The number of phenolic OH excluding ortho intramolecular Hbond substituents is 1. The van der Waals surface area contributed by atoms with Gasteiger partial charge in [-0.05, 0) is 42.0 Å². The summed E-state index contributed by atoms with van der Waals surface area (Å²) in [6.07, 6.45) is 3.15. The van der Waals surface area contributed by atoms with E-state index in [4.69, 9.17) is 4.74 Å². The van der Waals surface area contributed by atoms with E-state index in [1.807, 2.05) is 54.8 Å². The number of benzene rings is 3. The number of aromatic hydroxyl groups is 1. The molecule has 0 bridgehead atoms. The van der Waals surface area contributed by atoms with Crippen molar-refractivity contribution < 1.29 is 14.6 Å². The molecular formula is C22H21NO3S. The van der Waals surface area contributed by atoms with Gasteiger partial charge in [0.05, 0.1) is 0 Å². The third-order valence-corrected chi connectivity index (χ3v) is 4.99. The predicted octanol–water partition coefficient (Wildman–Crippen LogP) is 6.13. The van der Waals surface area contributed by atoms with E-state index in [0.717, 1.165) is 21.2 Å². The van der Waals surface area contributed by atoms with Crippen LogP contribution in [0.15, 0.2) is 78.2 Å². The van der Waals surface area contributed by atoms with Gasteiger partial charge in [0.2, 0.25) is 0 Å². The zero-order valence-corrected chi connectivity index (χ0v) is 15.8. The fourth-order valence-electron chi connectivity index (χ4n) is 2.93. The lowest BCUT2D eigenvalue weighted by Gasteiger charge is -2.19. The van der Waals surface area contributed by atoms with Gasteiger partial charge < -0.3 is 9.84 Å². The Morgan fingerprint density at radius 2 is 1.85 bits per heavy atom. The Balaban J connectivity index is 1.82. The average Bonchev–Trinajstić information content (AvgIpc) is 2.69. The van der Waals surface area contributed by atoms with Crippen LogP contribution in [0.25, 0.3) is 10.8 Å². The molecule has 0 fully saturated rings. The molecule has 0 aliphatic rings. The van der Waals surface area contributed by atoms with Gasteiger partial charge in [0, 0.05) is 28.0 Å². The minimum absolute atomic E-state index is 0.199. The van der Waals surface area contributed by atoms with Gasteiger partial charge in [0.25, 0.3) is 0 Å². The average molecular weight is 379 g/mol. The quantitative estimate of drug-likeness (QED) is 0.399. The highest BCUT2D eigenvalue weighted by Gasteiger charge is 2.19. The molecule has 0 spiro atoms. The number of hydrogen-bond acceptors (Lipinski definition) is 4. The minimum atomic E-state index is -0.532. The molecule has 1 atom stereocenters. The van der Waals surface area contributed by atoms with E-state index in [-0.39, 0.29) is 5.75 Å². The highest BCUT2D eigenvalue weighted by Crippen LogP contribution is 2.34. The summed E-state index contributed by atoms with van der Waals surface area (Å²) < 4.78 is 5.68. The summed E-state index contributed by atoms with van der Waals surface area (Å²) in [5.41, 5.74) is 1.50. The van der Waals surface area contributed by atoms with Gasteiger partial charge >= 0.3 is 6.09 Å². The Morgan fingerprint density at radius 3 is 2.52 bits per heavy atom. The summed E-state index contributed by atoms with van der Waals surface area (Å²) in [7, 11) is 0. The molecule has 3 aromatic carbocycles. The number of hydrogen-bond donors (Lipinski definition) is 2. The second-order valence-corrected chi connectivity index (χ2v) is 6.87. The summed E-state index contributed by atoms with van der Waals surface area (Å²) in [5, 5.41) is 14.4. The highest BCUT2D eigenvalue weighted by molar-refractivity contribution is 7.98. The van der Waals surface area contributed by atoms with Crippen LogP contribution in [-0.2, 0) is 4.74 Å². The van der Waals surface area contributed by atoms with Gasteiger partial charge in [0.1, 0.15) is 11.9 Å². The van der Waals surface area contributed by atoms with Crippen molar-refractivity contribution in [3.63, 3.8) is 0 Å². The molecule has 0 aromatic heterocycles. The summed E-state index contributed by atoms with van der Waals surface area (Å²) in [6, 6.07) is 18.5. The van der Waals surface area contributed by atoms with Gasteiger partial charge in [-0.2, -0.15) is 0 Å². The first kappa shape index (κ1) is 18.9. The van der Waals surface area contributed by atoms with Gasteiger partial charge in [0.15, 0.2) is 0 Å². The standard InChI is InChI=1S/C22H21NO3S/c1-3-6-21(19-13-14-20(24)18-8-5-4-7-17(18)19)26-22(25)23-15-9-11-16(27-2)12-10-15/h3-5,7-14,21,24H,1,6H2,2H3,(H,23,25)/t21-/m1/s1. The van der Waals surface area contributed by atoms with Crippen LogP contribution < -0.4 is 5.32 Å². The van der Waals surface area contributed by atoms with Gasteiger partial charge in [-0.1, -0.05) is 36.4 Å². The molecular weight excluding hydrogens is 358 g/mol.